The van der Waals surface area contributed by atoms with Gasteiger partial charge in [-0.05, 0) is 37.0 Å². The van der Waals surface area contributed by atoms with Gasteiger partial charge in [0.1, 0.15) is 5.75 Å². The molecule has 0 amide bonds. The van der Waals surface area contributed by atoms with Gasteiger partial charge in [-0.25, -0.2) is 0 Å². The van der Waals surface area contributed by atoms with Crippen LogP contribution in [0.25, 0.3) is 0 Å². The Morgan fingerprint density at radius 2 is 1.95 bits per heavy atom. The molecule has 1 aromatic carbocycles. The van der Waals surface area contributed by atoms with Crippen LogP contribution in [0, 0.1) is 0 Å². The molecule has 0 spiro atoms. The van der Waals surface area contributed by atoms with Gasteiger partial charge in [-0.2, -0.15) is 0 Å². The molecule has 2 heterocycles. The molecule has 1 saturated heterocycles. The Morgan fingerprint density at radius 3 is 2.70 bits per heavy atom. The molecule has 1 fully saturated rings. The summed E-state index contributed by atoms with van der Waals surface area (Å²) in [6.45, 7) is 7.66. The van der Waals surface area contributed by atoms with Crippen LogP contribution in [0.4, 0.5) is 0 Å². The predicted molar refractivity (Wildman–Crippen MR) is 87.6 cm³/mol. The van der Waals surface area contributed by atoms with E-state index in [-0.39, 0.29) is 24.8 Å². The van der Waals surface area contributed by atoms with Crippen molar-refractivity contribution in [1.82, 2.24) is 10.2 Å². The standard InChI is InChI=1S/C15H22N2O.2ClH/c1-12(17-8-6-16-7-9-17)14-5-4-13-3-2-10-18-15(13)11-14;;/h4-5,11-12,16H,2-3,6-10H2,1H3;2*1H. The van der Waals surface area contributed by atoms with Crippen molar-refractivity contribution in [2.24, 2.45) is 0 Å². The maximum atomic E-state index is 5.77. The molecule has 1 unspecified atom stereocenters. The van der Waals surface area contributed by atoms with Crippen LogP contribution in [0.3, 0.4) is 0 Å². The molecule has 1 aromatic rings. The lowest BCUT2D eigenvalue weighted by Crippen LogP contribution is -2.44. The van der Waals surface area contributed by atoms with Gasteiger partial charge in [-0.3, -0.25) is 4.90 Å². The number of halogens is 2. The fraction of sp³-hybridized carbons (Fsp3) is 0.600. The highest BCUT2D eigenvalue weighted by Gasteiger charge is 2.19. The monoisotopic (exact) mass is 318 g/mol. The van der Waals surface area contributed by atoms with Crippen molar-refractivity contribution in [3.05, 3.63) is 29.3 Å². The molecule has 0 aliphatic carbocycles. The van der Waals surface area contributed by atoms with E-state index in [1.54, 1.807) is 0 Å². The Hall–Kier alpha value is -0.480. The third-order valence-corrected chi connectivity index (χ3v) is 4.12. The van der Waals surface area contributed by atoms with Crippen molar-refractivity contribution in [2.75, 3.05) is 32.8 Å². The average molecular weight is 319 g/mol. The zero-order valence-corrected chi connectivity index (χ0v) is 13.6. The van der Waals surface area contributed by atoms with Crippen LogP contribution in [-0.2, 0) is 6.42 Å². The molecule has 3 nitrogen and oxygen atoms in total. The molecule has 114 valence electrons. The van der Waals surface area contributed by atoms with E-state index in [2.05, 4.69) is 35.3 Å². The van der Waals surface area contributed by atoms with Crippen LogP contribution in [0.2, 0.25) is 0 Å². The number of hydrogen-bond donors (Lipinski definition) is 1. The summed E-state index contributed by atoms with van der Waals surface area (Å²) in [6, 6.07) is 7.27. The van der Waals surface area contributed by atoms with E-state index in [0.29, 0.717) is 6.04 Å². The highest BCUT2D eigenvalue weighted by atomic mass is 35.5. The van der Waals surface area contributed by atoms with Gasteiger partial charge in [0.2, 0.25) is 0 Å². The number of hydrogen-bond acceptors (Lipinski definition) is 3. The summed E-state index contributed by atoms with van der Waals surface area (Å²) in [5, 5.41) is 3.40. The molecule has 0 aromatic heterocycles. The summed E-state index contributed by atoms with van der Waals surface area (Å²) in [5.41, 5.74) is 2.76. The van der Waals surface area contributed by atoms with E-state index in [0.717, 1.165) is 51.4 Å². The quantitative estimate of drug-likeness (QED) is 0.907. The number of aryl methyl sites for hydroxylation is 1. The second-order valence-electron chi connectivity index (χ2n) is 5.28. The summed E-state index contributed by atoms with van der Waals surface area (Å²) in [7, 11) is 0. The van der Waals surface area contributed by atoms with Crippen LogP contribution >= 0.6 is 24.8 Å². The van der Waals surface area contributed by atoms with Crippen molar-refractivity contribution in [2.45, 2.75) is 25.8 Å². The van der Waals surface area contributed by atoms with Gasteiger partial charge < -0.3 is 10.1 Å². The molecule has 1 N–H and O–H groups in total. The first kappa shape index (κ1) is 17.6. The van der Waals surface area contributed by atoms with Crippen LogP contribution in [0.5, 0.6) is 5.75 Å². The zero-order valence-electron chi connectivity index (χ0n) is 11.9. The maximum absolute atomic E-state index is 5.77. The van der Waals surface area contributed by atoms with Gasteiger partial charge in [0.15, 0.2) is 0 Å². The van der Waals surface area contributed by atoms with Crippen LogP contribution < -0.4 is 10.1 Å². The van der Waals surface area contributed by atoms with Crippen LogP contribution in [-0.4, -0.2) is 37.7 Å². The molecule has 5 heteroatoms. The first-order valence-electron chi connectivity index (χ1n) is 7.05. The Bertz CT molecular complexity index is 422. The summed E-state index contributed by atoms with van der Waals surface area (Å²) < 4.78 is 5.77. The summed E-state index contributed by atoms with van der Waals surface area (Å²) in [5.74, 6) is 1.11. The highest BCUT2D eigenvalue weighted by molar-refractivity contribution is 5.85. The van der Waals surface area contributed by atoms with Crippen molar-refractivity contribution in [3.8, 4) is 5.75 Å². The fourth-order valence-electron chi connectivity index (χ4n) is 2.90. The Morgan fingerprint density at radius 1 is 1.20 bits per heavy atom. The van der Waals surface area contributed by atoms with Gasteiger partial charge >= 0.3 is 0 Å². The molecular weight excluding hydrogens is 295 g/mol. The lowest BCUT2D eigenvalue weighted by molar-refractivity contribution is 0.185. The Labute approximate surface area is 133 Å². The van der Waals surface area contributed by atoms with Crippen molar-refractivity contribution in [1.29, 1.82) is 0 Å². The topological polar surface area (TPSA) is 24.5 Å². The van der Waals surface area contributed by atoms with Gasteiger partial charge in [-0.1, -0.05) is 12.1 Å². The summed E-state index contributed by atoms with van der Waals surface area (Å²) in [4.78, 5) is 2.54. The smallest absolute Gasteiger partial charge is 0.122 e. The van der Waals surface area contributed by atoms with Gasteiger partial charge in [0.25, 0.3) is 0 Å². The second kappa shape index (κ2) is 8.08. The number of piperazine rings is 1. The van der Waals surface area contributed by atoms with Gasteiger partial charge in [-0.15, -0.1) is 24.8 Å². The number of rotatable bonds is 2. The first-order chi connectivity index (χ1) is 8.84. The minimum atomic E-state index is 0. The number of nitrogens with zero attached hydrogens (tertiary/aromatic N) is 1. The summed E-state index contributed by atoms with van der Waals surface area (Å²) in [6.07, 6.45) is 2.32. The van der Waals surface area contributed by atoms with Crippen molar-refractivity contribution in [3.63, 3.8) is 0 Å². The minimum absolute atomic E-state index is 0. The van der Waals surface area contributed by atoms with E-state index in [1.807, 2.05) is 0 Å². The fourth-order valence-corrected chi connectivity index (χ4v) is 2.90. The van der Waals surface area contributed by atoms with E-state index >= 15 is 0 Å². The Balaban J connectivity index is 0.000001000. The van der Waals surface area contributed by atoms with E-state index in [1.165, 1.54) is 11.1 Å². The number of fused-ring (bicyclic) bond motifs is 1. The van der Waals surface area contributed by atoms with Crippen molar-refractivity contribution < 1.29 is 4.74 Å². The van der Waals surface area contributed by atoms with Gasteiger partial charge in [0.05, 0.1) is 6.61 Å². The number of ether oxygens (including phenoxy) is 1. The Kier molecular flexibility index (Phi) is 7.10. The lowest BCUT2D eigenvalue weighted by atomic mass is 10.00. The molecule has 3 rings (SSSR count). The summed E-state index contributed by atoms with van der Waals surface area (Å²) >= 11 is 0. The predicted octanol–water partition coefficient (Wildman–Crippen LogP) is 2.82. The zero-order chi connectivity index (χ0) is 12.4. The number of nitrogens with one attached hydrogen (secondary N) is 1. The normalized spacial score (nSPS) is 19.9. The molecule has 0 radical (unpaired) electrons. The van der Waals surface area contributed by atoms with Crippen LogP contribution in [0.1, 0.15) is 30.5 Å². The molecule has 0 saturated carbocycles. The minimum Gasteiger partial charge on any atom is -0.493 e. The largest absolute Gasteiger partial charge is 0.493 e. The van der Waals surface area contributed by atoms with E-state index < -0.39 is 0 Å². The van der Waals surface area contributed by atoms with Crippen LogP contribution in [0.15, 0.2) is 18.2 Å². The van der Waals surface area contributed by atoms with Gasteiger partial charge in [0, 0.05) is 32.2 Å². The molecule has 2 aliphatic rings. The molecule has 2 aliphatic heterocycles. The molecule has 1 atom stereocenters. The first-order valence-corrected chi connectivity index (χ1v) is 7.05. The lowest BCUT2D eigenvalue weighted by Gasteiger charge is -2.33. The van der Waals surface area contributed by atoms with E-state index in [9.17, 15) is 0 Å². The maximum Gasteiger partial charge on any atom is 0.122 e. The average Bonchev–Trinajstić information content (AvgIpc) is 2.47. The SMILES string of the molecule is CC(c1ccc2c(c1)OCCC2)N1CCNCC1.Cl.Cl. The molecule has 20 heavy (non-hydrogen) atoms. The second-order valence-corrected chi connectivity index (χ2v) is 5.28. The van der Waals surface area contributed by atoms with E-state index in [4.69, 9.17) is 4.74 Å². The van der Waals surface area contributed by atoms with Crippen molar-refractivity contribution >= 4 is 24.8 Å². The molecular formula is C15H24Cl2N2O. The number of benzene rings is 1. The molecule has 0 bridgehead atoms. The third kappa shape index (κ3) is 3.79. The third-order valence-electron chi connectivity index (χ3n) is 4.12. The highest BCUT2D eigenvalue weighted by Crippen LogP contribution is 2.30.